The molecule has 82 valence electrons. The van der Waals surface area contributed by atoms with Gasteiger partial charge in [-0.3, -0.25) is 0 Å². The number of methoxy groups -OCH3 is 1. The topological polar surface area (TPSA) is 18.5 Å². The van der Waals surface area contributed by atoms with Gasteiger partial charge in [-0.05, 0) is 24.8 Å². The normalized spacial score (nSPS) is 25.3. The van der Waals surface area contributed by atoms with E-state index < -0.39 is 0 Å². The minimum Gasteiger partial charge on any atom is -0.504 e. The van der Waals surface area contributed by atoms with Crippen LogP contribution in [0.5, 0.6) is 0 Å². The number of rotatable bonds is 5. The lowest BCUT2D eigenvalue weighted by Gasteiger charge is -2.24. The molecule has 1 rings (SSSR count). The molecule has 1 heterocycles. The van der Waals surface area contributed by atoms with Crippen molar-refractivity contribution in [2.24, 2.45) is 0 Å². The number of hydrogen-bond acceptors (Lipinski definition) is 2. The molecule has 1 aliphatic rings. The molecule has 0 bridgehead atoms. The SMILES string of the molecule is CCCCCC1CCC(=COC)CO1. The van der Waals surface area contributed by atoms with E-state index in [-0.39, 0.29) is 0 Å². The molecule has 1 unspecified atom stereocenters. The summed E-state index contributed by atoms with van der Waals surface area (Å²) in [4.78, 5) is 0. The van der Waals surface area contributed by atoms with Crippen LogP contribution in [0.25, 0.3) is 0 Å². The average Bonchev–Trinajstić information content (AvgIpc) is 2.21. The van der Waals surface area contributed by atoms with E-state index in [1.807, 2.05) is 6.26 Å². The molecule has 1 aliphatic heterocycles. The Morgan fingerprint density at radius 3 is 2.93 bits per heavy atom. The van der Waals surface area contributed by atoms with Crippen LogP contribution in [0.15, 0.2) is 11.8 Å². The van der Waals surface area contributed by atoms with Crippen LogP contribution in [0.4, 0.5) is 0 Å². The van der Waals surface area contributed by atoms with Crippen molar-refractivity contribution in [3.8, 4) is 0 Å². The summed E-state index contributed by atoms with van der Waals surface area (Å²) in [5, 5.41) is 0. The molecule has 0 radical (unpaired) electrons. The van der Waals surface area contributed by atoms with E-state index in [2.05, 4.69) is 6.92 Å². The molecule has 2 nitrogen and oxygen atoms in total. The molecule has 14 heavy (non-hydrogen) atoms. The molecule has 1 atom stereocenters. The summed E-state index contributed by atoms with van der Waals surface area (Å²) in [6, 6.07) is 0. The van der Waals surface area contributed by atoms with Gasteiger partial charge < -0.3 is 9.47 Å². The number of unbranched alkanes of at least 4 members (excludes halogenated alkanes) is 2. The molecule has 0 aromatic heterocycles. The maximum absolute atomic E-state index is 5.74. The Labute approximate surface area is 87.3 Å². The average molecular weight is 198 g/mol. The summed E-state index contributed by atoms with van der Waals surface area (Å²) in [6.07, 6.45) is 9.79. The number of ether oxygens (including phenoxy) is 2. The predicted molar refractivity (Wildman–Crippen MR) is 58.2 cm³/mol. The van der Waals surface area contributed by atoms with Crippen molar-refractivity contribution < 1.29 is 9.47 Å². The zero-order chi connectivity index (χ0) is 10.2. The van der Waals surface area contributed by atoms with Crippen molar-refractivity contribution in [1.82, 2.24) is 0 Å². The van der Waals surface area contributed by atoms with Gasteiger partial charge in [-0.1, -0.05) is 26.2 Å². The van der Waals surface area contributed by atoms with E-state index in [0.717, 1.165) is 13.0 Å². The molecule has 1 saturated heterocycles. The minimum absolute atomic E-state index is 0.496. The molecule has 0 aliphatic carbocycles. The van der Waals surface area contributed by atoms with Gasteiger partial charge >= 0.3 is 0 Å². The standard InChI is InChI=1S/C12H22O2/c1-3-4-5-6-12-8-7-11(9-13-2)10-14-12/h9,12H,3-8,10H2,1-2H3. The monoisotopic (exact) mass is 198 g/mol. The van der Waals surface area contributed by atoms with E-state index in [0.29, 0.717) is 6.10 Å². The maximum Gasteiger partial charge on any atom is 0.0839 e. The van der Waals surface area contributed by atoms with Crippen LogP contribution in [0.1, 0.15) is 45.4 Å². The second-order valence-electron chi connectivity index (χ2n) is 3.98. The lowest BCUT2D eigenvalue weighted by molar-refractivity contribution is 0.0332. The van der Waals surface area contributed by atoms with Crippen LogP contribution < -0.4 is 0 Å². The largest absolute Gasteiger partial charge is 0.504 e. The Hall–Kier alpha value is -0.500. The lowest BCUT2D eigenvalue weighted by Crippen LogP contribution is -2.20. The fraction of sp³-hybridized carbons (Fsp3) is 0.833. The van der Waals surface area contributed by atoms with Gasteiger partial charge in [0.2, 0.25) is 0 Å². The van der Waals surface area contributed by atoms with Gasteiger partial charge in [-0.15, -0.1) is 0 Å². The van der Waals surface area contributed by atoms with Gasteiger partial charge in [0.15, 0.2) is 0 Å². The molecule has 0 spiro atoms. The van der Waals surface area contributed by atoms with Gasteiger partial charge in [0, 0.05) is 0 Å². The summed E-state index contributed by atoms with van der Waals surface area (Å²) in [5.74, 6) is 0. The first kappa shape index (κ1) is 11.6. The summed E-state index contributed by atoms with van der Waals surface area (Å²) in [6.45, 7) is 3.01. The summed E-state index contributed by atoms with van der Waals surface area (Å²) >= 11 is 0. The maximum atomic E-state index is 5.74. The van der Waals surface area contributed by atoms with E-state index >= 15 is 0 Å². The smallest absolute Gasteiger partial charge is 0.0839 e. The Bertz CT molecular complexity index is 165. The van der Waals surface area contributed by atoms with Crippen LogP contribution in [0.2, 0.25) is 0 Å². The van der Waals surface area contributed by atoms with Crippen molar-refractivity contribution in [3.63, 3.8) is 0 Å². The highest BCUT2D eigenvalue weighted by Crippen LogP contribution is 2.21. The first-order valence-corrected chi connectivity index (χ1v) is 5.69. The first-order valence-electron chi connectivity index (χ1n) is 5.69. The fourth-order valence-corrected chi connectivity index (χ4v) is 1.84. The third-order valence-corrected chi connectivity index (χ3v) is 2.71. The molecular formula is C12H22O2. The van der Waals surface area contributed by atoms with Crippen LogP contribution >= 0.6 is 0 Å². The summed E-state index contributed by atoms with van der Waals surface area (Å²) < 4.78 is 10.7. The highest BCUT2D eigenvalue weighted by molar-refractivity contribution is 5.01. The van der Waals surface area contributed by atoms with Gasteiger partial charge in [0.25, 0.3) is 0 Å². The van der Waals surface area contributed by atoms with Crippen LogP contribution in [0, 0.1) is 0 Å². The highest BCUT2D eigenvalue weighted by atomic mass is 16.5. The second-order valence-corrected chi connectivity index (χ2v) is 3.98. The van der Waals surface area contributed by atoms with Gasteiger partial charge in [-0.2, -0.15) is 0 Å². The zero-order valence-electron chi connectivity index (χ0n) is 9.42. The van der Waals surface area contributed by atoms with Crippen molar-refractivity contribution in [3.05, 3.63) is 11.8 Å². The molecule has 1 fully saturated rings. The molecule has 0 aromatic carbocycles. The molecule has 0 N–H and O–H groups in total. The van der Waals surface area contributed by atoms with Crippen molar-refractivity contribution in [1.29, 1.82) is 0 Å². The van der Waals surface area contributed by atoms with Gasteiger partial charge in [0.05, 0.1) is 26.1 Å². The summed E-state index contributed by atoms with van der Waals surface area (Å²) in [5.41, 5.74) is 1.29. The Morgan fingerprint density at radius 2 is 2.36 bits per heavy atom. The second kappa shape index (κ2) is 6.88. The zero-order valence-corrected chi connectivity index (χ0v) is 9.42. The third kappa shape index (κ3) is 4.14. The van der Waals surface area contributed by atoms with Crippen LogP contribution in [0.3, 0.4) is 0 Å². The van der Waals surface area contributed by atoms with Gasteiger partial charge in [-0.25, -0.2) is 0 Å². The Balaban J connectivity index is 2.12. The predicted octanol–water partition coefficient (Wildman–Crippen LogP) is 3.28. The minimum atomic E-state index is 0.496. The van der Waals surface area contributed by atoms with Gasteiger partial charge in [0.1, 0.15) is 0 Å². The van der Waals surface area contributed by atoms with Crippen molar-refractivity contribution in [2.75, 3.05) is 13.7 Å². The first-order chi connectivity index (χ1) is 6.86. The van der Waals surface area contributed by atoms with E-state index in [1.165, 1.54) is 37.7 Å². The molecular weight excluding hydrogens is 176 g/mol. The van der Waals surface area contributed by atoms with Crippen LogP contribution in [-0.2, 0) is 9.47 Å². The fourth-order valence-electron chi connectivity index (χ4n) is 1.84. The van der Waals surface area contributed by atoms with Crippen molar-refractivity contribution in [2.45, 2.75) is 51.6 Å². The summed E-state index contributed by atoms with van der Waals surface area (Å²) in [7, 11) is 1.69. The van der Waals surface area contributed by atoms with E-state index in [1.54, 1.807) is 7.11 Å². The Morgan fingerprint density at radius 1 is 1.50 bits per heavy atom. The third-order valence-electron chi connectivity index (χ3n) is 2.71. The molecule has 0 amide bonds. The van der Waals surface area contributed by atoms with Crippen LogP contribution in [-0.4, -0.2) is 19.8 Å². The molecule has 0 saturated carbocycles. The molecule has 2 heteroatoms. The number of hydrogen-bond donors (Lipinski definition) is 0. The lowest BCUT2D eigenvalue weighted by atomic mass is 10.0. The quantitative estimate of drug-likeness (QED) is 0.498. The van der Waals surface area contributed by atoms with E-state index in [4.69, 9.17) is 9.47 Å². The van der Waals surface area contributed by atoms with Crippen molar-refractivity contribution >= 4 is 0 Å². The Kier molecular flexibility index (Phi) is 5.69. The van der Waals surface area contributed by atoms with E-state index in [9.17, 15) is 0 Å². The highest BCUT2D eigenvalue weighted by Gasteiger charge is 2.16. The molecule has 0 aromatic rings.